The number of carbonyl (C=O) groups is 1. The number of aromatic amines is 1. The van der Waals surface area contributed by atoms with Gasteiger partial charge in [-0.25, -0.2) is 8.42 Å². The van der Waals surface area contributed by atoms with Crippen LogP contribution in [-0.4, -0.2) is 56.5 Å². The number of aromatic nitrogens is 1. The number of fused-ring (bicyclic) bond motifs is 1. The molecule has 35 heavy (non-hydrogen) atoms. The molecular formula is C25H31ClN2O6S. The predicted octanol–water partition coefficient (Wildman–Crippen LogP) is 3.36. The number of ether oxygens (including phenoxy) is 2. The number of sulfone groups is 1. The van der Waals surface area contributed by atoms with Crippen molar-refractivity contribution < 1.29 is 22.7 Å². The Balaban J connectivity index is 1.69. The summed E-state index contributed by atoms with van der Waals surface area (Å²) in [5.41, 5.74) is 3.75. The molecule has 0 bridgehead atoms. The summed E-state index contributed by atoms with van der Waals surface area (Å²) in [6.45, 7) is 4.28. The van der Waals surface area contributed by atoms with Crippen molar-refractivity contribution in [1.82, 2.24) is 9.88 Å². The summed E-state index contributed by atoms with van der Waals surface area (Å²) in [7, 11) is 0.0674. The van der Waals surface area contributed by atoms with Crippen LogP contribution in [0.1, 0.15) is 57.3 Å². The van der Waals surface area contributed by atoms with E-state index in [1.807, 2.05) is 13.0 Å². The number of amides is 1. The average Bonchev–Trinajstić information content (AvgIpc) is 2.80. The third kappa shape index (κ3) is 4.99. The van der Waals surface area contributed by atoms with Crippen molar-refractivity contribution >= 4 is 27.3 Å². The molecule has 1 N–H and O–H groups in total. The lowest BCUT2D eigenvalue weighted by atomic mass is 9.85. The average molecular weight is 523 g/mol. The van der Waals surface area contributed by atoms with E-state index >= 15 is 0 Å². The highest BCUT2D eigenvalue weighted by atomic mass is 35.5. The van der Waals surface area contributed by atoms with Crippen LogP contribution in [0.15, 0.2) is 16.9 Å². The van der Waals surface area contributed by atoms with Gasteiger partial charge in [-0.15, -0.1) is 0 Å². The Kier molecular flexibility index (Phi) is 7.31. The summed E-state index contributed by atoms with van der Waals surface area (Å²) in [4.78, 5) is 30.7. The summed E-state index contributed by atoms with van der Waals surface area (Å²) in [5, 5.41) is 0.338. The van der Waals surface area contributed by atoms with Gasteiger partial charge in [0.2, 0.25) is 0 Å². The number of benzene rings is 1. The lowest BCUT2D eigenvalue weighted by Crippen LogP contribution is -2.39. The molecule has 0 aliphatic carbocycles. The van der Waals surface area contributed by atoms with Crippen LogP contribution in [0.3, 0.4) is 0 Å². The molecule has 2 aliphatic heterocycles. The Labute approximate surface area is 210 Å². The molecule has 8 nitrogen and oxygen atoms in total. The molecule has 2 aliphatic rings. The third-order valence-corrected chi connectivity index (χ3v) is 9.26. The van der Waals surface area contributed by atoms with Crippen molar-refractivity contribution in [3.05, 3.63) is 61.0 Å². The maximum absolute atomic E-state index is 13.7. The van der Waals surface area contributed by atoms with Gasteiger partial charge in [0.25, 0.3) is 11.5 Å². The highest BCUT2D eigenvalue weighted by molar-refractivity contribution is 7.91. The van der Waals surface area contributed by atoms with E-state index < -0.39 is 15.9 Å². The minimum Gasteiger partial charge on any atom is -0.496 e. The number of rotatable bonds is 6. The van der Waals surface area contributed by atoms with Gasteiger partial charge >= 0.3 is 0 Å². The van der Waals surface area contributed by atoms with Crippen molar-refractivity contribution in [2.45, 2.75) is 45.8 Å². The molecule has 0 spiro atoms. The number of hydrogen-bond acceptors (Lipinski definition) is 6. The fourth-order valence-electron chi connectivity index (χ4n) is 5.26. The normalized spacial score (nSPS) is 18.9. The van der Waals surface area contributed by atoms with Gasteiger partial charge < -0.3 is 19.4 Å². The summed E-state index contributed by atoms with van der Waals surface area (Å²) in [6.07, 6.45) is 1.18. The molecule has 190 valence electrons. The SMILES string of the molecule is COc1cc(C)[nH]c(=O)c1CN1CCc2c(C)cc(C(OC)C3CCS(=O)(=O)CC3)c(Cl)c2C1=O. The van der Waals surface area contributed by atoms with Crippen molar-refractivity contribution in [1.29, 1.82) is 0 Å². The Hall–Kier alpha value is -2.36. The molecule has 1 aromatic heterocycles. The van der Waals surface area contributed by atoms with Crippen LogP contribution in [0.5, 0.6) is 5.75 Å². The van der Waals surface area contributed by atoms with Crippen molar-refractivity contribution in [3.63, 3.8) is 0 Å². The molecular weight excluding hydrogens is 492 g/mol. The number of hydrogen-bond donors (Lipinski definition) is 1. The highest BCUT2D eigenvalue weighted by Crippen LogP contribution is 2.41. The first-order valence-corrected chi connectivity index (χ1v) is 13.9. The summed E-state index contributed by atoms with van der Waals surface area (Å²) < 4.78 is 35.1. The number of H-pyrrole nitrogens is 1. The number of pyridine rings is 1. The van der Waals surface area contributed by atoms with E-state index in [9.17, 15) is 18.0 Å². The predicted molar refractivity (Wildman–Crippen MR) is 134 cm³/mol. The topological polar surface area (TPSA) is 106 Å². The number of carbonyl (C=O) groups excluding carboxylic acids is 1. The van der Waals surface area contributed by atoms with Gasteiger partial charge in [0.15, 0.2) is 0 Å². The molecule has 1 unspecified atom stereocenters. The first kappa shape index (κ1) is 25.7. The Morgan fingerprint density at radius 1 is 1.17 bits per heavy atom. The van der Waals surface area contributed by atoms with Gasteiger partial charge in [-0.2, -0.15) is 0 Å². The van der Waals surface area contributed by atoms with Gasteiger partial charge in [0.05, 0.1) is 47.4 Å². The van der Waals surface area contributed by atoms with E-state index in [-0.39, 0.29) is 35.4 Å². The Morgan fingerprint density at radius 2 is 1.86 bits per heavy atom. The molecule has 1 saturated heterocycles. The number of methoxy groups -OCH3 is 2. The van der Waals surface area contributed by atoms with Crippen LogP contribution in [0, 0.1) is 19.8 Å². The molecule has 1 fully saturated rings. The third-order valence-electron chi connectivity index (χ3n) is 7.14. The maximum Gasteiger partial charge on any atom is 0.256 e. The van der Waals surface area contributed by atoms with E-state index in [1.54, 1.807) is 25.0 Å². The van der Waals surface area contributed by atoms with E-state index in [0.717, 1.165) is 11.1 Å². The van der Waals surface area contributed by atoms with Crippen molar-refractivity contribution in [3.8, 4) is 5.75 Å². The van der Waals surface area contributed by atoms with Crippen LogP contribution in [0.25, 0.3) is 0 Å². The minimum absolute atomic E-state index is 0.0105. The zero-order valence-corrected chi connectivity index (χ0v) is 22.0. The second-order valence-electron chi connectivity index (χ2n) is 9.40. The molecule has 0 radical (unpaired) electrons. The van der Waals surface area contributed by atoms with Crippen LogP contribution < -0.4 is 10.3 Å². The number of aryl methyl sites for hydroxylation is 2. The van der Waals surface area contributed by atoms with Crippen molar-refractivity contribution in [2.24, 2.45) is 5.92 Å². The summed E-state index contributed by atoms with van der Waals surface area (Å²) in [5.74, 6) is 0.428. The second kappa shape index (κ2) is 9.95. The smallest absolute Gasteiger partial charge is 0.256 e. The molecule has 2 aromatic rings. The van der Waals surface area contributed by atoms with E-state index in [0.29, 0.717) is 59.0 Å². The first-order valence-electron chi connectivity index (χ1n) is 11.7. The largest absolute Gasteiger partial charge is 0.496 e. The zero-order valence-electron chi connectivity index (χ0n) is 20.4. The molecule has 3 heterocycles. The van der Waals surface area contributed by atoms with Gasteiger partial charge in [0, 0.05) is 24.9 Å². The van der Waals surface area contributed by atoms with Gasteiger partial charge in [0.1, 0.15) is 15.6 Å². The monoisotopic (exact) mass is 522 g/mol. The number of halogens is 1. The van der Waals surface area contributed by atoms with Gasteiger partial charge in [-0.1, -0.05) is 17.7 Å². The van der Waals surface area contributed by atoms with E-state index in [2.05, 4.69) is 4.98 Å². The fraction of sp³-hybridized carbons (Fsp3) is 0.520. The fourth-order valence-corrected chi connectivity index (χ4v) is 7.15. The van der Waals surface area contributed by atoms with Gasteiger partial charge in [-0.3, -0.25) is 9.59 Å². The number of nitrogens with zero attached hydrogens (tertiary/aromatic N) is 1. The molecule has 10 heteroatoms. The van der Waals surface area contributed by atoms with Crippen LogP contribution in [-0.2, 0) is 27.5 Å². The Morgan fingerprint density at radius 3 is 2.49 bits per heavy atom. The maximum atomic E-state index is 13.7. The summed E-state index contributed by atoms with van der Waals surface area (Å²) in [6, 6.07) is 3.71. The molecule has 4 rings (SSSR count). The minimum atomic E-state index is -3.02. The standard InChI is InChI=1S/C25H31ClN2O6S/c1-14-11-18(23(34-4)16-6-9-35(31,32)10-7-16)22(26)21-17(14)5-8-28(25(21)30)13-19-20(33-3)12-15(2)27-24(19)29/h11-12,16,23H,5-10,13H2,1-4H3,(H,27,29). The first-order chi connectivity index (χ1) is 16.6. The second-order valence-corrected chi connectivity index (χ2v) is 12.1. The van der Waals surface area contributed by atoms with E-state index in [1.165, 1.54) is 7.11 Å². The molecule has 1 aromatic carbocycles. The highest BCUT2D eigenvalue weighted by Gasteiger charge is 2.36. The zero-order chi connectivity index (χ0) is 25.5. The Bertz CT molecular complexity index is 1310. The summed E-state index contributed by atoms with van der Waals surface area (Å²) >= 11 is 6.88. The molecule has 1 atom stereocenters. The van der Waals surface area contributed by atoms with Crippen molar-refractivity contribution in [2.75, 3.05) is 32.3 Å². The lowest BCUT2D eigenvalue weighted by molar-refractivity contribution is 0.0467. The van der Waals surface area contributed by atoms with Gasteiger partial charge in [-0.05, 0) is 56.2 Å². The lowest BCUT2D eigenvalue weighted by Gasteiger charge is -2.34. The number of nitrogens with one attached hydrogen (secondary N) is 1. The quantitative estimate of drug-likeness (QED) is 0.623. The molecule has 1 amide bonds. The van der Waals surface area contributed by atoms with Crippen LogP contribution in [0.4, 0.5) is 0 Å². The van der Waals surface area contributed by atoms with Crippen LogP contribution >= 0.6 is 11.6 Å². The van der Waals surface area contributed by atoms with Crippen LogP contribution in [0.2, 0.25) is 5.02 Å². The molecule has 0 saturated carbocycles. The van der Waals surface area contributed by atoms with E-state index in [4.69, 9.17) is 21.1 Å².